The van der Waals surface area contributed by atoms with Gasteiger partial charge in [-0.1, -0.05) is 37.6 Å². The lowest BCUT2D eigenvalue weighted by Crippen LogP contribution is -2.25. The van der Waals surface area contributed by atoms with Gasteiger partial charge in [0, 0.05) is 16.8 Å². The molecule has 1 aliphatic rings. The molecule has 0 saturated carbocycles. The van der Waals surface area contributed by atoms with E-state index in [1.807, 2.05) is 6.92 Å². The predicted molar refractivity (Wildman–Crippen MR) is 93.8 cm³/mol. The fourth-order valence-electron chi connectivity index (χ4n) is 2.90. The van der Waals surface area contributed by atoms with Crippen LogP contribution >= 0.6 is 0 Å². The van der Waals surface area contributed by atoms with Gasteiger partial charge in [-0.25, -0.2) is 4.79 Å². The van der Waals surface area contributed by atoms with Crippen molar-refractivity contribution in [3.8, 4) is 0 Å². The summed E-state index contributed by atoms with van der Waals surface area (Å²) in [5.74, 6) is -1.45. The van der Waals surface area contributed by atoms with Gasteiger partial charge in [0.25, 0.3) is 0 Å². The summed E-state index contributed by atoms with van der Waals surface area (Å²) in [6, 6.07) is 7.77. The van der Waals surface area contributed by atoms with Crippen molar-refractivity contribution in [2.24, 2.45) is 0 Å². The average molecular weight is 338 g/mol. The number of benzene rings is 2. The fraction of sp³-hybridized carbons (Fsp3) is 0.211. The maximum Gasteiger partial charge on any atom is 0.340 e. The molecule has 1 aliphatic carbocycles. The number of fused-ring (bicyclic) bond motifs is 2. The summed E-state index contributed by atoms with van der Waals surface area (Å²) in [6.07, 6.45) is 1.59. The number of ketones is 2. The molecular formula is C19H18N2O4. The van der Waals surface area contributed by atoms with Crippen LogP contribution in [0.2, 0.25) is 0 Å². The summed E-state index contributed by atoms with van der Waals surface area (Å²) in [6.45, 7) is 2.22. The maximum absolute atomic E-state index is 12.8. The van der Waals surface area contributed by atoms with E-state index < -0.39 is 11.8 Å². The molecule has 2 aromatic carbocycles. The average Bonchev–Trinajstić information content (AvgIpc) is 2.61. The highest BCUT2D eigenvalue weighted by molar-refractivity contribution is 6.32. The monoisotopic (exact) mass is 338 g/mol. The van der Waals surface area contributed by atoms with Gasteiger partial charge in [-0.15, -0.1) is 0 Å². The SMILES string of the molecule is CCCCOC(=O)c1cc(N)c2c(c1N)C(=O)c1ccccc1C2=O. The van der Waals surface area contributed by atoms with E-state index >= 15 is 0 Å². The standard InChI is InChI=1S/C19H18N2O4/c1-2-3-8-25-19(24)12-9-13(20)14-15(16(12)21)18(23)11-7-5-4-6-10(11)17(14)22/h4-7,9H,2-3,8,20-21H2,1H3. The van der Waals surface area contributed by atoms with E-state index in [1.54, 1.807) is 24.3 Å². The third kappa shape index (κ3) is 2.65. The molecule has 128 valence electrons. The molecule has 25 heavy (non-hydrogen) atoms. The van der Waals surface area contributed by atoms with Gasteiger partial charge in [-0.2, -0.15) is 0 Å². The summed E-state index contributed by atoms with van der Waals surface area (Å²) >= 11 is 0. The minimum Gasteiger partial charge on any atom is -0.462 e. The number of unbranched alkanes of at least 4 members (excludes halogenated alkanes) is 1. The fourth-order valence-corrected chi connectivity index (χ4v) is 2.90. The van der Waals surface area contributed by atoms with E-state index in [-0.39, 0.29) is 51.6 Å². The van der Waals surface area contributed by atoms with Crippen LogP contribution in [-0.4, -0.2) is 24.1 Å². The highest BCUT2D eigenvalue weighted by Crippen LogP contribution is 2.36. The Morgan fingerprint density at radius 2 is 1.64 bits per heavy atom. The van der Waals surface area contributed by atoms with Crippen molar-refractivity contribution in [2.75, 3.05) is 18.1 Å². The highest BCUT2D eigenvalue weighted by atomic mass is 16.5. The third-order valence-electron chi connectivity index (χ3n) is 4.22. The maximum atomic E-state index is 12.8. The smallest absolute Gasteiger partial charge is 0.340 e. The molecule has 0 atom stereocenters. The molecule has 0 amide bonds. The van der Waals surface area contributed by atoms with Crippen molar-refractivity contribution in [2.45, 2.75) is 19.8 Å². The lowest BCUT2D eigenvalue weighted by molar-refractivity contribution is 0.0501. The first-order valence-electron chi connectivity index (χ1n) is 8.04. The molecule has 0 fully saturated rings. The van der Waals surface area contributed by atoms with Gasteiger partial charge in [-0.3, -0.25) is 9.59 Å². The largest absolute Gasteiger partial charge is 0.462 e. The second kappa shape index (κ2) is 6.39. The molecule has 0 spiro atoms. The molecule has 0 bridgehead atoms. The zero-order chi connectivity index (χ0) is 18.1. The Hall–Kier alpha value is -3.15. The lowest BCUT2D eigenvalue weighted by atomic mass is 9.81. The molecule has 4 N–H and O–H groups in total. The number of ether oxygens (including phenoxy) is 1. The molecule has 0 aromatic heterocycles. The number of carbonyl (C=O) groups is 3. The molecule has 2 aromatic rings. The lowest BCUT2D eigenvalue weighted by Gasteiger charge is -2.21. The summed E-state index contributed by atoms with van der Waals surface area (Å²) in [5, 5.41) is 0. The van der Waals surface area contributed by atoms with Gasteiger partial charge in [0.05, 0.1) is 29.0 Å². The first-order valence-corrected chi connectivity index (χ1v) is 8.04. The van der Waals surface area contributed by atoms with E-state index in [0.29, 0.717) is 0 Å². The zero-order valence-electron chi connectivity index (χ0n) is 13.8. The number of rotatable bonds is 4. The summed E-state index contributed by atoms with van der Waals surface area (Å²) in [5.41, 5.74) is 12.6. The number of hydrogen-bond acceptors (Lipinski definition) is 6. The molecule has 0 aliphatic heterocycles. The quantitative estimate of drug-likeness (QED) is 0.429. The Labute approximate surface area is 144 Å². The van der Waals surface area contributed by atoms with Crippen molar-refractivity contribution >= 4 is 28.9 Å². The van der Waals surface area contributed by atoms with E-state index in [2.05, 4.69) is 0 Å². The molecule has 3 rings (SSSR count). The molecule has 0 saturated heterocycles. The molecule has 0 heterocycles. The van der Waals surface area contributed by atoms with Crippen LogP contribution in [0.25, 0.3) is 0 Å². The predicted octanol–water partition coefficient (Wildman–Crippen LogP) is 2.58. The first kappa shape index (κ1) is 16.7. The van der Waals surface area contributed by atoms with Crippen LogP contribution in [0.15, 0.2) is 30.3 Å². The van der Waals surface area contributed by atoms with Gasteiger partial charge in [0.15, 0.2) is 11.6 Å². The topological polar surface area (TPSA) is 112 Å². The Balaban J connectivity index is 2.12. The number of nitrogens with two attached hydrogens (primary N) is 2. The van der Waals surface area contributed by atoms with Crippen LogP contribution in [0.5, 0.6) is 0 Å². The van der Waals surface area contributed by atoms with Gasteiger partial charge in [0.1, 0.15) is 0 Å². The van der Waals surface area contributed by atoms with Crippen LogP contribution in [-0.2, 0) is 4.74 Å². The number of esters is 1. The molecule has 0 unspecified atom stereocenters. The Morgan fingerprint density at radius 3 is 2.24 bits per heavy atom. The van der Waals surface area contributed by atoms with Crippen molar-refractivity contribution in [3.05, 3.63) is 58.1 Å². The Bertz CT molecular complexity index is 903. The Morgan fingerprint density at radius 1 is 1.04 bits per heavy atom. The zero-order valence-corrected chi connectivity index (χ0v) is 13.8. The minimum atomic E-state index is -0.653. The van der Waals surface area contributed by atoms with E-state index in [9.17, 15) is 14.4 Å². The van der Waals surface area contributed by atoms with E-state index in [1.165, 1.54) is 6.07 Å². The number of nitrogen functional groups attached to an aromatic ring is 2. The normalized spacial score (nSPS) is 12.5. The van der Waals surface area contributed by atoms with Crippen LogP contribution in [0, 0.1) is 0 Å². The summed E-state index contributed by atoms with van der Waals surface area (Å²) < 4.78 is 5.16. The Kier molecular flexibility index (Phi) is 4.27. The minimum absolute atomic E-state index is 0.00730. The van der Waals surface area contributed by atoms with Crippen LogP contribution in [0.3, 0.4) is 0 Å². The van der Waals surface area contributed by atoms with Crippen LogP contribution < -0.4 is 11.5 Å². The van der Waals surface area contributed by atoms with E-state index in [4.69, 9.17) is 16.2 Å². The number of carbonyl (C=O) groups excluding carboxylic acids is 3. The van der Waals surface area contributed by atoms with Gasteiger partial charge >= 0.3 is 5.97 Å². The van der Waals surface area contributed by atoms with Crippen molar-refractivity contribution in [1.82, 2.24) is 0 Å². The van der Waals surface area contributed by atoms with Gasteiger partial charge in [-0.05, 0) is 12.5 Å². The summed E-state index contributed by atoms with van der Waals surface area (Å²) in [7, 11) is 0. The second-order valence-corrected chi connectivity index (χ2v) is 5.87. The van der Waals surface area contributed by atoms with Gasteiger partial charge < -0.3 is 16.2 Å². The summed E-state index contributed by atoms with van der Waals surface area (Å²) in [4.78, 5) is 37.8. The second-order valence-electron chi connectivity index (χ2n) is 5.87. The molecular weight excluding hydrogens is 320 g/mol. The van der Waals surface area contributed by atoms with Crippen molar-refractivity contribution < 1.29 is 19.1 Å². The number of anilines is 2. The third-order valence-corrected chi connectivity index (χ3v) is 4.22. The molecule has 6 nitrogen and oxygen atoms in total. The van der Waals surface area contributed by atoms with Crippen molar-refractivity contribution in [1.29, 1.82) is 0 Å². The van der Waals surface area contributed by atoms with Gasteiger partial charge in [0.2, 0.25) is 0 Å². The molecule has 0 radical (unpaired) electrons. The molecule has 6 heteroatoms. The van der Waals surface area contributed by atoms with E-state index in [0.717, 1.165) is 12.8 Å². The number of hydrogen-bond donors (Lipinski definition) is 2. The van der Waals surface area contributed by atoms with Crippen molar-refractivity contribution in [3.63, 3.8) is 0 Å². The van der Waals surface area contributed by atoms with Crippen LogP contribution in [0.1, 0.15) is 62.0 Å². The first-order chi connectivity index (χ1) is 12.0. The highest BCUT2D eigenvalue weighted by Gasteiger charge is 2.35. The van der Waals surface area contributed by atoms with Crippen LogP contribution in [0.4, 0.5) is 11.4 Å².